The molecule has 6 nitrogen and oxygen atoms in total. The van der Waals surface area contributed by atoms with Gasteiger partial charge in [-0.2, -0.15) is 0 Å². The smallest absolute Gasteiger partial charge is 0.331 e. The summed E-state index contributed by atoms with van der Waals surface area (Å²) in [5.74, 6) is -0.208. The Kier molecular flexibility index (Phi) is 3.47. The molecular formula is C12H13NO5. The van der Waals surface area contributed by atoms with Gasteiger partial charge in [-0.1, -0.05) is 0 Å². The van der Waals surface area contributed by atoms with Gasteiger partial charge in [0.2, 0.25) is 6.79 Å². The largest absolute Gasteiger partial charge is 0.464 e. The number of ether oxygens (including phenoxy) is 3. The lowest BCUT2D eigenvalue weighted by Gasteiger charge is -2.09. The Morgan fingerprint density at radius 2 is 2.11 bits per heavy atom. The van der Waals surface area contributed by atoms with Crippen LogP contribution in [0.5, 0.6) is 11.5 Å². The zero-order valence-corrected chi connectivity index (χ0v) is 9.84. The highest BCUT2D eigenvalue weighted by atomic mass is 16.7. The molecule has 0 aliphatic carbocycles. The van der Waals surface area contributed by atoms with Crippen molar-refractivity contribution in [1.29, 1.82) is 0 Å². The van der Waals surface area contributed by atoms with Crippen molar-refractivity contribution in [3.63, 3.8) is 0 Å². The molecule has 0 fully saturated rings. The van der Waals surface area contributed by atoms with Gasteiger partial charge in [0.05, 0.1) is 6.61 Å². The van der Waals surface area contributed by atoms with Gasteiger partial charge in [0.1, 0.15) is 0 Å². The van der Waals surface area contributed by atoms with Crippen molar-refractivity contribution in [1.82, 2.24) is 0 Å². The number of fused-ring (bicyclic) bond motifs is 1. The molecule has 0 bridgehead atoms. The summed E-state index contributed by atoms with van der Waals surface area (Å²) in [5, 5.41) is 0. The fourth-order valence-electron chi connectivity index (χ4n) is 1.57. The van der Waals surface area contributed by atoms with Crippen molar-refractivity contribution >= 4 is 11.8 Å². The predicted octanol–water partition coefficient (Wildman–Crippen LogP) is 0.488. The van der Waals surface area contributed by atoms with E-state index in [1.54, 1.807) is 13.0 Å². The molecule has 1 aromatic carbocycles. The molecule has 18 heavy (non-hydrogen) atoms. The average Bonchev–Trinajstić information content (AvgIpc) is 2.84. The van der Waals surface area contributed by atoms with E-state index in [2.05, 4.69) is 0 Å². The number of hydrogen-bond donors (Lipinski definition) is 1. The first-order valence-electron chi connectivity index (χ1n) is 5.49. The molecule has 1 unspecified atom stereocenters. The topological polar surface area (TPSA) is 87.9 Å². The number of ketones is 1. The molecular weight excluding hydrogens is 238 g/mol. The molecule has 1 aliphatic rings. The van der Waals surface area contributed by atoms with Crippen LogP contribution in [-0.2, 0) is 9.53 Å². The summed E-state index contributed by atoms with van der Waals surface area (Å²) in [5.41, 5.74) is 5.82. The monoisotopic (exact) mass is 251 g/mol. The number of esters is 1. The van der Waals surface area contributed by atoms with Gasteiger partial charge in [-0.05, 0) is 25.1 Å². The third-order valence-electron chi connectivity index (χ3n) is 2.48. The van der Waals surface area contributed by atoms with Crippen molar-refractivity contribution in [2.45, 2.75) is 13.0 Å². The van der Waals surface area contributed by atoms with E-state index in [0.717, 1.165) is 0 Å². The Hall–Kier alpha value is -2.08. The zero-order chi connectivity index (χ0) is 13.1. The van der Waals surface area contributed by atoms with Crippen molar-refractivity contribution in [2.75, 3.05) is 13.4 Å². The molecule has 0 saturated carbocycles. The van der Waals surface area contributed by atoms with Crippen LogP contribution in [-0.4, -0.2) is 31.2 Å². The first-order chi connectivity index (χ1) is 8.63. The molecule has 2 rings (SSSR count). The van der Waals surface area contributed by atoms with Crippen molar-refractivity contribution in [3.05, 3.63) is 23.8 Å². The maximum Gasteiger partial charge on any atom is 0.331 e. The second-order valence-electron chi connectivity index (χ2n) is 3.66. The van der Waals surface area contributed by atoms with Crippen LogP contribution in [0.1, 0.15) is 17.3 Å². The van der Waals surface area contributed by atoms with E-state index in [1.165, 1.54) is 12.1 Å². The maximum atomic E-state index is 11.9. The number of rotatable bonds is 4. The molecule has 6 heteroatoms. The van der Waals surface area contributed by atoms with Crippen LogP contribution in [0.25, 0.3) is 0 Å². The normalized spacial score (nSPS) is 14.1. The summed E-state index contributed by atoms with van der Waals surface area (Å²) in [6, 6.07) is 3.33. The molecule has 96 valence electrons. The van der Waals surface area contributed by atoms with Gasteiger partial charge in [-0.3, -0.25) is 4.79 Å². The summed E-state index contributed by atoms with van der Waals surface area (Å²) in [4.78, 5) is 23.3. The van der Waals surface area contributed by atoms with E-state index in [4.69, 9.17) is 19.9 Å². The number of carbonyl (C=O) groups excluding carboxylic acids is 2. The van der Waals surface area contributed by atoms with Crippen LogP contribution in [0.2, 0.25) is 0 Å². The maximum absolute atomic E-state index is 11.9. The summed E-state index contributed by atoms with van der Waals surface area (Å²) in [7, 11) is 0. The highest BCUT2D eigenvalue weighted by Crippen LogP contribution is 2.32. The van der Waals surface area contributed by atoms with E-state index in [-0.39, 0.29) is 13.4 Å². The van der Waals surface area contributed by atoms with Gasteiger partial charge in [0, 0.05) is 5.56 Å². The minimum Gasteiger partial charge on any atom is -0.464 e. The van der Waals surface area contributed by atoms with Gasteiger partial charge < -0.3 is 19.9 Å². The van der Waals surface area contributed by atoms with Gasteiger partial charge in [0.25, 0.3) is 0 Å². The molecule has 2 N–H and O–H groups in total. The van der Waals surface area contributed by atoms with Crippen molar-refractivity contribution in [3.8, 4) is 11.5 Å². The van der Waals surface area contributed by atoms with Crippen LogP contribution in [0.4, 0.5) is 0 Å². The zero-order valence-electron chi connectivity index (χ0n) is 9.84. The summed E-state index contributed by atoms with van der Waals surface area (Å²) >= 11 is 0. The van der Waals surface area contributed by atoms with E-state index in [1.807, 2.05) is 0 Å². The fraction of sp³-hybridized carbons (Fsp3) is 0.333. The second-order valence-corrected chi connectivity index (χ2v) is 3.66. The van der Waals surface area contributed by atoms with Crippen LogP contribution >= 0.6 is 0 Å². The van der Waals surface area contributed by atoms with Crippen molar-refractivity contribution in [2.24, 2.45) is 5.73 Å². The molecule has 0 amide bonds. The molecule has 0 saturated heterocycles. The standard InChI is InChI=1S/C12H13NO5/c1-2-16-12(15)10(13)11(14)7-3-4-8-9(5-7)18-6-17-8/h3-5,10H,2,6,13H2,1H3. The molecule has 0 spiro atoms. The molecule has 0 aromatic heterocycles. The lowest BCUT2D eigenvalue weighted by atomic mass is 10.0. The van der Waals surface area contributed by atoms with E-state index >= 15 is 0 Å². The Morgan fingerprint density at radius 1 is 1.39 bits per heavy atom. The minimum atomic E-state index is -1.31. The lowest BCUT2D eigenvalue weighted by Crippen LogP contribution is -2.40. The fourth-order valence-corrected chi connectivity index (χ4v) is 1.57. The number of nitrogens with two attached hydrogens (primary N) is 1. The highest BCUT2D eigenvalue weighted by Gasteiger charge is 2.26. The Bertz CT molecular complexity index is 485. The third kappa shape index (κ3) is 2.28. The van der Waals surface area contributed by atoms with Crippen LogP contribution < -0.4 is 15.2 Å². The van der Waals surface area contributed by atoms with Gasteiger partial charge in [-0.15, -0.1) is 0 Å². The van der Waals surface area contributed by atoms with Crippen LogP contribution in [0.3, 0.4) is 0 Å². The lowest BCUT2D eigenvalue weighted by molar-refractivity contribution is -0.143. The van der Waals surface area contributed by atoms with Gasteiger partial charge in [-0.25, -0.2) is 4.79 Å². The second kappa shape index (κ2) is 5.05. The number of hydrogen-bond acceptors (Lipinski definition) is 6. The number of benzene rings is 1. The Balaban J connectivity index is 2.16. The minimum absolute atomic E-state index is 0.122. The highest BCUT2D eigenvalue weighted by molar-refractivity contribution is 6.12. The van der Waals surface area contributed by atoms with E-state index in [0.29, 0.717) is 17.1 Å². The number of carbonyl (C=O) groups is 2. The van der Waals surface area contributed by atoms with Crippen molar-refractivity contribution < 1.29 is 23.8 Å². The first-order valence-corrected chi connectivity index (χ1v) is 5.49. The van der Waals surface area contributed by atoms with E-state index in [9.17, 15) is 9.59 Å². The molecule has 1 atom stereocenters. The SMILES string of the molecule is CCOC(=O)C(N)C(=O)c1ccc2c(c1)OCO2. The number of Topliss-reactive ketones (excluding diaryl/α,β-unsaturated/α-hetero) is 1. The summed E-state index contributed by atoms with van der Waals surface area (Å²) < 4.78 is 15.0. The van der Waals surface area contributed by atoms with Crippen LogP contribution in [0, 0.1) is 0 Å². The quantitative estimate of drug-likeness (QED) is 0.476. The summed E-state index contributed by atoms with van der Waals surface area (Å²) in [6.07, 6.45) is 0. The first kappa shape index (κ1) is 12.4. The van der Waals surface area contributed by atoms with Gasteiger partial charge >= 0.3 is 5.97 Å². The van der Waals surface area contributed by atoms with Crippen LogP contribution in [0.15, 0.2) is 18.2 Å². The molecule has 1 aromatic rings. The molecule has 1 heterocycles. The average molecular weight is 251 g/mol. The predicted molar refractivity (Wildman–Crippen MR) is 61.5 cm³/mol. The summed E-state index contributed by atoms with van der Waals surface area (Å²) in [6.45, 7) is 1.95. The van der Waals surface area contributed by atoms with Gasteiger partial charge in [0.15, 0.2) is 23.3 Å². The Morgan fingerprint density at radius 3 is 2.83 bits per heavy atom. The molecule has 1 aliphatic heterocycles. The molecule has 0 radical (unpaired) electrons. The Labute approximate surface area is 104 Å². The third-order valence-corrected chi connectivity index (χ3v) is 2.48. The van der Waals surface area contributed by atoms with E-state index < -0.39 is 17.8 Å².